The van der Waals surface area contributed by atoms with E-state index < -0.39 is 0 Å². The Hall–Kier alpha value is -0.780. The predicted molar refractivity (Wildman–Crippen MR) is 75.6 cm³/mol. The lowest BCUT2D eigenvalue weighted by Gasteiger charge is -2.07. The van der Waals surface area contributed by atoms with Crippen molar-refractivity contribution in [3.8, 4) is 10.7 Å². The standard InChI is InChI=1S/C13H12BrN3S/c14-11-4-3-10(18-11)13-16-9-6-15-5-8(9)12(17-13)7-1-2-7/h3-4,7,15H,1-2,5-6H2. The Morgan fingerprint density at radius 1 is 1.22 bits per heavy atom. The normalized spacial score (nSPS) is 18.1. The van der Waals surface area contributed by atoms with Crippen LogP contribution in [0.3, 0.4) is 0 Å². The molecule has 18 heavy (non-hydrogen) atoms. The molecule has 4 rings (SSSR count). The van der Waals surface area contributed by atoms with Crippen molar-refractivity contribution in [2.24, 2.45) is 0 Å². The molecule has 1 aliphatic heterocycles. The minimum atomic E-state index is 0.684. The first kappa shape index (κ1) is 11.1. The maximum Gasteiger partial charge on any atom is 0.170 e. The Morgan fingerprint density at radius 2 is 2.11 bits per heavy atom. The number of aromatic nitrogens is 2. The van der Waals surface area contributed by atoms with Gasteiger partial charge in [0.25, 0.3) is 0 Å². The van der Waals surface area contributed by atoms with Crippen molar-refractivity contribution in [2.75, 3.05) is 0 Å². The van der Waals surface area contributed by atoms with Crippen molar-refractivity contribution < 1.29 is 0 Å². The smallest absolute Gasteiger partial charge is 0.170 e. The van der Waals surface area contributed by atoms with Gasteiger partial charge in [-0.3, -0.25) is 0 Å². The maximum atomic E-state index is 4.83. The number of nitrogens with one attached hydrogen (secondary N) is 1. The summed E-state index contributed by atoms with van der Waals surface area (Å²) in [4.78, 5) is 10.7. The second-order valence-corrected chi connectivity index (χ2v) is 7.30. The van der Waals surface area contributed by atoms with Gasteiger partial charge in [-0.1, -0.05) is 0 Å². The summed E-state index contributed by atoms with van der Waals surface area (Å²) in [6.07, 6.45) is 2.58. The summed E-state index contributed by atoms with van der Waals surface area (Å²) in [5.41, 5.74) is 3.85. The van der Waals surface area contributed by atoms with E-state index in [-0.39, 0.29) is 0 Å². The van der Waals surface area contributed by atoms with Gasteiger partial charge in [-0.2, -0.15) is 0 Å². The minimum absolute atomic E-state index is 0.684. The first-order chi connectivity index (χ1) is 8.81. The van der Waals surface area contributed by atoms with E-state index in [0.29, 0.717) is 5.92 Å². The van der Waals surface area contributed by atoms with Crippen LogP contribution >= 0.6 is 27.3 Å². The highest BCUT2D eigenvalue weighted by atomic mass is 79.9. The number of halogens is 1. The minimum Gasteiger partial charge on any atom is -0.307 e. The van der Waals surface area contributed by atoms with E-state index in [1.54, 1.807) is 11.3 Å². The molecule has 5 heteroatoms. The Balaban J connectivity index is 1.87. The average Bonchev–Trinajstić information content (AvgIpc) is 2.94. The maximum absolute atomic E-state index is 4.83. The SMILES string of the molecule is Brc1ccc(-c2nc3c(c(C4CC4)n2)CNC3)s1. The van der Waals surface area contributed by atoms with E-state index >= 15 is 0 Å². The van der Waals surface area contributed by atoms with Gasteiger partial charge in [0, 0.05) is 24.6 Å². The van der Waals surface area contributed by atoms with Crippen LogP contribution in [0.4, 0.5) is 0 Å². The quantitative estimate of drug-likeness (QED) is 0.920. The van der Waals surface area contributed by atoms with Crippen molar-refractivity contribution in [1.82, 2.24) is 15.3 Å². The zero-order valence-electron chi connectivity index (χ0n) is 9.74. The molecule has 0 saturated heterocycles. The number of hydrogen-bond acceptors (Lipinski definition) is 4. The van der Waals surface area contributed by atoms with Gasteiger partial charge in [0.1, 0.15) is 0 Å². The Bertz CT molecular complexity index is 619. The van der Waals surface area contributed by atoms with Crippen LogP contribution in [-0.2, 0) is 13.1 Å². The van der Waals surface area contributed by atoms with Crippen LogP contribution in [0.15, 0.2) is 15.9 Å². The van der Waals surface area contributed by atoms with Crippen molar-refractivity contribution in [2.45, 2.75) is 31.8 Å². The van der Waals surface area contributed by atoms with Gasteiger partial charge in [0.05, 0.1) is 20.1 Å². The van der Waals surface area contributed by atoms with Crippen LogP contribution < -0.4 is 5.32 Å². The van der Waals surface area contributed by atoms with Gasteiger partial charge in [-0.15, -0.1) is 11.3 Å². The van der Waals surface area contributed by atoms with Crippen LogP contribution in [-0.4, -0.2) is 9.97 Å². The van der Waals surface area contributed by atoms with Crippen LogP contribution in [0, 0.1) is 0 Å². The summed E-state index contributed by atoms with van der Waals surface area (Å²) in [6.45, 7) is 1.83. The molecule has 92 valence electrons. The molecule has 0 unspecified atom stereocenters. The monoisotopic (exact) mass is 321 g/mol. The molecule has 0 bridgehead atoms. The topological polar surface area (TPSA) is 37.8 Å². The summed E-state index contributed by atoms with van der Waals surface area (Å²) in [5, 5.41) is 3.39. The van der Waals surface area contributed by atoms with Gasteiger partial charge in [-0.25, -0.2) is 9.97 Å². The fraction of sp³-hybridized carbons (Fsp3) is 0.385. The Morgan fingerprint density at radius 3 is 2.83 bits per heavy atom. The molecule has 0 atom stereocenters. The van der Waals surface area contributed by atoms with E-state index in [4.69, 9.17) is 9.97 Å². The summed E-state index contributed by atoms with van der Waals surface area (Å²) in [5.74, 6) is 1.58. The first-order valence-electron chi connectivity index (χ1n) is 6.17. The molecule has 1 aliphatic carbocycles. The zero-order valence-corrected chi connectivity index (χ0v) is 12.1. The third-order valence-electron chi connectivity index (χ3n) is 3.48. The fourth-order valence-electron chi connectivity index (χ4n) is 2.43. The number of fused-ring (bicyclic) bond motifs is 1. The lowest BCUT2D eigenvalue weighted by molar-refractivity contribution is 0.755. The summed E-state index contributed by atoms with van der Waals surface area (Å²) >= 11 is 5.20. The lowest BCUT2D eigenvalue weighted by atomic mass is 10.1. The average molecular weight is 322 g/mol. The number of nitrogens with zero attached hydrogens (tertiary/aromatic N) is 2. The molecular weight excluding hydrogens is 310 g/mol. The van der Waals surface area contributed by atoms with E-state index in [1.807, 2.05) is 0 Å². The lowest BCUT2D eigenvalue weighted by Crippen LogP contribution is -2.02. The summed E-state index contributed by atoms with van der Waals surface area (Å²) < 4.78 is 1.13. The molecule has 1 N–H and O–H groups in total. The first-order valence-corrected chi connectivity index (χ1v) is 7.78. The summed E-state index contributed by atoms with van der Waals surface area (Å²) in [6, 6.07) is 4.15. The molecule has 1 fully saturated rings. The van der Waals surface area contributed by atoms with Gasteiger partial charge >= 0.3 is 0 Å². The van der Waals surface area contributed by atoms with E-state index in [9.17, 15) is 0 Å². The van der Waals surface area contributed by atoms with Crippen molar-refractivity contribution in [1.29, 1.82) is 0 Å². The van der Waals surface area contributed by atoms with Gasteiger partial charge in [-0.05, 0) is 40.9 Å². The second-order valence-electron chi connectivity index (χ2n) is 4.84. The van der Waals surface area contributed by atoms with Crippen LogP contribution in [0.1, 0.15) is 35.7 Å². The molecule has 2 aliphatic rings. The second kappa shape index (κ2) is 4.11. The van der Waals surface area contributed by atoms with Crippen molar-refractivity contribution in [3.63, 3.8) is 0 Å². The Kier molecular flexibility index (Phi) is 2.53. The molecule has 3 nitrogen and oxygen atoms in total. The molecule has 0 radical (unpaired) electrons. The number of thiophene rings is 1. The van der Waals surface area contributed by atoms with E-state index in [1.165, 1.54) is 29.8 Å². The fourth-order valence-corrected chi connectivity index (χ4v) is 3.75. The van der Waals surface area contributed by atoms with Crippen molar-refractivity contribution >= 4 is 27.3 Å². The van der Waals surface area contributed by atoms with E-state index in [2.05, 4.69) is 33.4 Å². The van der Waals surface area contributed by atoms with Crippen LogP contribution in [0.2, 0.25) is 0 Å². The zero-order chi connectivity index (χ0) is 12.1. The number of rotatable bonds is 2. The molecule has 0 amide bonds. The highest BCUT2D eigenvalue weighted by molar-refractivity contribution is 9.11. The van der Waals surface area contributed by atoms with E-state index in [0.717, 1.165) is 27.6 Å². The molecular formula is C13H12BrN3S. The third-order valence-corrected chi connectivity index (χ3v) is 5.10. The highest BCUT2D eigenvalue weighted by Gasteiger charge is 2.31. The third kappa shape index (κ3) is 1.81. The largest absolute Gasteiger partial charge is 0.307 e. The van der Waals surface area contributed by atoms with Gasteiger partial charge < -0.3 is 5.32 Å². The van der Waals surface area contributed by atoms with Crippen LogP contribution in [0.5, 0.6) is 0 Å². The van der Waals surface area contributed by atoms with Gasteiger partial charge in [0.15, 0.2) is 5.82 Å². The molecule has 0 spiro atoms. The van der Waals surface area contributed by atoms with Crippen molar-refractivity contribution in [3.05, 3.63) is 32.9 Å². The highest BCUT2D eigenvalue weighted by Crippen LogP contribution is 2.43. The predicted octanol–water partition coefficient (Wildman–Crippen LogP) is 3.45. The Labute approximate surface area is 118 Å². The summed E-state index contributed by atoms with van der Waals surface area (Å²) in [7, 11) is 0. The molecule has 3 heterocycles. The number of hydrogen-bond donors (Lipinski definition) is 1. The molecule has 2 aromatic rings. The molecule has 2 aromatic heterocycles. The van der Waals surface area contributed by atoms with Gasteiger partial charge in [0.2, 0.25) is 0 Å². The molecule has 0 aromatic carbocycles. The molecule has 1 saturated carbocycles. The van der Waals surface area contributed by atoms with Crippen LogP contribution in [0.25, 0.3) is 10.7 Å².